The minimum atomic E-state index is -0.247. The van der Waals surface area contributed by atoms with Crippen LogP contribution in [0.25, 0.3) is 0 Å². The van der Waals surface area contributed by atoms with Gasteiger partial charge in [0.25, 0.3) is 5.91 Å². The van der Waals surface area contributed by atoms with E-state index < -0.39 is 0 Å². The van der Waals surface area contributed by atoms with Gasteiger partial charge in [-0.05, 0) is 68.3 Å². The second-order valence-electron chi connectivity index (χ2n) is 8.91. The van der Waals surface area contributed by atoms with Crippen molar-refractivity contribution in [2.45, 2.75) is 20.8 Å². The number of ether oxygens (including phenoxy) is 2. The number of thiocarbonyl (C=S) groups is 1. The first-order valence-electron chi connectivity index (χ1n) is 12.4. The molecule has 0 aliphatic carbocycles. The highest BCUT2D eigenvalue weighted by atomic mass is 32.1. The van der Waals surface area contributed by atoms with E-state index >= 15 is 0 Å². The van der Waals surface area contributed by atoms with Crippen LogP contribution in [0.3, 0.4) is 0 Å². The third-order valence-corrected chi connectivity index (χ3v) is 6.98. The van der Waals surface area contributed by atoms with E-state index in [-0.39, 0.29) is 18.3 Å². The molecule has 3 aromatic carbocycles. The van der Waals surface area contributed by atoms with Crippen molar-refractivity contribution in [3.8, 4) is 11.5 Å². The zero-order valence-corrected chi connectivity index (χ0v) is 22.2. The summed E-state index contributed by atoms with van der Waals surface area (Å²) >= 11 is 5.78. The van der Waals surface area contributed by atoms with E-state index in [4.69, 9.17) is 21.7 Å². The molecule has 194 valence electrons. The van der Waals surface area contributed by atoms with Crippen molar-refractivity contribution in [2.75, 3.05) is 49.6 Å². The van der Waals surface area contributed by atoms with Crippen LogP contribution < -0.4 is 19.7 Å². The standard InChI is InChI=1S/C29H32FN3O3S/c1-4-35-27-18-22(29(37)33-16-14-32(15-17-33)25-11-6-5-9-23(25)30)12-13-26(27)36-19-28(34)31-24-10-7-8-20(2)21(24)3/h5-13,18H,4,14-17,19H2,1-3H3,(H,31,34). The van der Waals surface area contributed by atoms with Crippen molar-refractivity contribution >= 4 is 34.5 Å². The predicted molar refractivity (Wildman–Crippen MR) is 150 cm³/mol. The maximum absolute atomic E-state index is 14.2. The lowest BCUT2D eigenvalue weighted by Gasteiger charge is -2.37. The molecule has 0 radical (unpaired) electrons. The molecule has 0 atom stereocenters. The maximum atomic E-state index is 14.2. The van der Waals surface area contributed by atoms with E-state index in [1.807, 2.05) is 62.1 Å². The highest BCUT2D eigenvalue weighted by Gasteiger charge is 2.22. The molecule has 1 heterocycles. The van der Waals surface area contributed by atoms with E-state index in [9.17, 15) is 9.18 Å². The number of benzene rings is 3. The van der Waals surface area contributed by atoms with Crippen molar-refractivity contribution in [3.63, 3.8) is 0 Å². The van der Waals surface area contributed by atoms with Gasteiger partial charge in [-0.3, -0.25) is 4.79 Å². The Kier molecular flexibility index (Phi) is 8.61. The second-order valence-corrected chi connectivity index (χ2v) is 9.30. The van der Waals surface area contributed by atoms with E-state index in [1.165, 1.54) is 6.07 Å². The molecule has 0 unspecified atom stereocenters. The Morgan fingerprint density at radius 1 is 0.973 bits per heavy atom. The largest absolute Gasteiger partial charge is 0.490 e. The number of carbonyl (C=O) groups excluding carboxylic acids is 1. The number of aryl methyl sites for hydroxylation is 1. The minimum absolute atomic E-state index is 0.144. The monoisotopic (exact) mass is 521 g/mol. The van der Waals surface area contributed by atoms with Gasteiger partial charge >= 0.3 is 0 Å². The highest BCUT2D eigenvalue weighted by molar-refractivity contribution is 7.80. The van der Waals surface area contributed by atoms with Crippen LogP contribution in [0.1, 0.15) is 23.6 Å². The molecular formula is C29H32FN3O3S. The SMILES string of the molecule is CCOc1cc(C(=S)N2CCN(c3ccccc3F)CC2)ccc1OCC(=O)Nc1cccc(C)c1C. The third-order valence-electron chi connectivity index (χ3n) is 6.49. The van der Waals surface area contributed by atoms with Gasteiger partial charge in [-0.2, -0.15) is 0 Å². The molecule has 4 rings (SSSR count). The van der Waals surface area contributed by atoms with E-state index in [0.717, 1.165) is 22.4 Å². The number of nitrogens with one attached hydrogen (secondary N) is 1. The molecule has 0 aromatic heterocycles. The number of para-hydroxylation sites is 1. The van der Waals surface area contributed by atoms with Crippen molar-refractivity contribution in [1.82, 2.24) is 4.90 Å². The summed E-state index contributed by atoms with van der Waals surface area (Å²) in [5.41, 5.74) is 4.37. The van der Waals surface area contributed by atoms with Crippen LogP contribution >= 0.6 is 12.2 Å². The smallest absolute Gasteiger partial charge is 0.262 e. The highest BCUT2D eigenvalue weighted by Crippen LogP contribution is 2.30. The summed E-state index contributed by atoms with van der Waals surface area (Å²) < 4.78 is 25.8. The average molecular weight is 522 g/mol. The Morgan fingerprint density at radius 3 is 2.46 bits per heavy atom. The van der Waals surface area contributed by atoms with Gasteiger partial charge in [0.1, 0.15) is 10.8 Å². The first kappa shape index (κ1) is 26.4. The molecule has 1 saturated heterocycles. The van der Waals surface area contributed by atoms with Crippen LogP contribution in [0.2, 0.25) is 0 Å². The summed E-state index contributed by atoms with van der Waals surface area (Å²) in [5.74, 6) is 0.558. The summed E-state index contributed by atoms with van der Waals surface area (Å²) in [6.07, 6.45) is 0. The number of hydrogen-bond acceptors (Lipinski definition) is 5. The molecule has 1 N–H and O–H groups in total. The molecule has 1 aliphatic heterocycles. The van der Waals surface area contributed by atoms with Crippen LogP contribution in [0.4, 0.5) is 15.8 Å². The fourth-order valence-corrected chi connectivity index (χ4v) is 4.60. The number of carbonyl (C=O) groups is 1. The number of anilines is 2. The second kappa shape index (κ2) is 12.1. The molecule has 37 heavy (non-hydrogen) atoms. The van der Waals surface area contributed by atoms with Crippen LogP contribution in [-0.4, -0.2) is 55.2 Å². The molecule has 6 nitrogen and oxygen atoms in total. The van der Waals surface area contributed by atoms with Crippen LogP contribution in [-0.2, 0) is 4.79 Å². The summed E-state index contributed by atoms with van der Waals surface area (Å²) in [6.45, 7) is 8.90. The lowest BCUT2D eigenvalue weighted by Crippen LogP contribution is -2.48. The number of amides is 1. The molecule has 8 heteroatoms. The van der Waals surface area contributed by atoms with Crippen molar-refractivity contribution in [2.24, 2.45) is 0 Å². The Balaban J connectivity index is 1.38. The van der Waals surface area contributed by atoms with Crippen LogP contribution in [0.5, 0.6) is 11.5 Å². The topological polar surface area (TPSA) is 54.0 Å². The quantitative estimate of drug-likeness (QED) is 0.403. The van der Waals surface area contributed by atoms with Gasteiger partial charge in [-0.1, -0.05) is 36.5 Å². The van der Waals surface area contributed by atoms with Gasteiger partial charge in [0.05, 0.1) is 12.3 Å². The lowest BCUT2D eigenvalue weighted by molar-refractivity contribution is -0.118. The average Bonchev–Trinajstić information content (AvgIpc) is 2.91. The van der Waals surface area contributed by atoms with Crippen LogP contribution in [0.15, 0.2) is 60.7 Å². The molecule has 1 aliphatic rings. The van der Waals surface area contributed by atoms with Crippen molar-refractivity contribution < 1.29 is 18.7 Å². The Morgan fingerprint density at radius 2 is 1.73 bits per heavy atom. The van der Waals surface area contributed by atoms with Gasteiger partial charge in [0.15, 0.2) is 18.1 Å². The minimum Gasteiger partial charge on any atom is -0.490 e. The molecule has 0 bridgehead atoms. The first-order chi connectivity index (χ1) is 17.9. The zero-order chi connectivity index (χ0) is 26.4. The Hall–Kier alpha value is -3.65. The Bertz CT molecular complexity index is 1280. The summed E-state index contributed by atoms with van der Waals surface area (Å²) in [7, 11) is 0. The third kappa shape index (κ3) is 6.38. The molecule has 0 spiro atoms. The predicted octanol–water partition coefficient (Wildman–Crippen LogP) is 5.36. The molecule has 3 aromatic rings. The number of halogens is 1. The van der Waals surface area contributed by atoms with Gasteiger partial charge in [0, 0.05) is 37.4 Å². The maximum Gasteiger partial charge on any atom is 0.262 e. The number of rotatable bonds is 8. The van der Waals surface area contributed by atoms with Crippen molar-refractivity contribution in [3.05, 3.63) is 83.2 Å². The molecule has 0 saturated carbocycles. The van der Waals surface area contributed by atoms with E-state index in [1.54, 1.807) is 18.2 Å². The first-order valence-corrected chi connectivity index (χ1v) is 12.8. The van der Waals surface area contributed by atoms with E-state index in [2.05, 4.69) is 10.2 Å². The van der Waals surface area contributed by atoms with Gasteiger partial charge in [-0.15, -0.1) is 0 Å². The normalized spacial score (nSPS) is 13.3. The lowest BCUT2D eigenvalue weighted by atomic mass is 10.1. The number of nitrogens with zero attached hydrogens (tertiary/aromatic N) is 2. The fraction of sp³-hybridized carbons (Fsp3) is 0.310. The molecular weight excluding hydrogens is 489 g/mol. The number of hydrogen-bond donors (Lipinski definition) is 1. The van der Waals surface area contributed by atoms with Crippen molar-refractivity contribution in [1.29, 1.82) is 0 Å². The molecule has 1 fully saturated rings. The van der Waals surface area contributed by atoms with Gasteiger partial charge in [-0.25, -0.2) is 4.39 Å². The van der Waals surface area contributed by atoms with Gasteiger partial charge < -0.3 is 24.6 Å². The summed E-state index contributed by atoms with van der Waals surface area (Å²) in [4.78, 5) is 17.4. The fourth-order valence-electron chi connectivity index (χ4n) is 4.29. The zero-order valence-electron chi connectivity index (χ0n) is 21.4. The van der Waals surface area contributed by atoms with E-state index in [0.29, 0.717) is 55.0 Å². The number of piperazine rings is 1. The summed E-state index contributed by atoms with van der Waals surface area (Å²) in [6, 6.07) is 18.1. The Labute approximate surface area is 223 Å². The molecule has 1 amide bonds. The van der Waals surface area contributed by atoms with Crippen LogP contribution in [0, 0.1) is 19.7 Å². The summed E-state index contributed by atoms with van der Waals surface area (Å²) in [5, 5.41) is 2.90. The van der Waals surface area contributed by atoms with Gasteiger partial charge in [0.2, 0.25) is 0 Å².